The first-order valence-electron chi connectivity index (χ1n) is 7.53. The molecule has 0 saturated heterocycles. The third kappa shape index (κ3) is 4.03. The molecule has 0 fully saturated rings. The number of hydrogen-bond acceptors (Lipinski definition) is 5. The summed E-state index contributed by atoms with van der Waals surface area (Å²) in [5.41, 5.74) is 1.08. The van der Waals surface area contributed by atoms with Gasteiger partial charge < -0.3 is 4.42 Å². The summed E-state index contributed by atoms with van der Waals surface area (Å²) in [6.45, 7) is 1.72. The number of rotatable bonds is 4. The first kappa shape index (κ1) is 17.5. The second-order valence-corrected chi connectivity index (χ2v) is 8.70. The minimum atomic E-state index is -3.26. The quantitative estimate of drug-likeness (QED) is 0.688. The SMILES string of the molecule is Cc1cc(-c2ccc(S(C)(=O)=O)cc2)c(Sc2ccccc2)c(=O)o1. The van der Waals surface area contributed by atoms with E-state index in [9.17, 15) is 13.2 Å². The number of hydrogen-bond donors (Lipinski definition) is 0. The molecule has 3 rings (SSSR count). The molecule has 0 unspecified atom stereocenters. The smallest absolute Gasteiger partial charge is 0.350 e. The average molecular weight is 372 g/mol. The van der Waals surface area contributed by atoms with Gasteiger partial charge in [0.2, 0.25) is 0 Å². The minimum absolute atomic E-state index is 0.244. The molecule has 4 nitrogen and oxygen atoms in total. The summed E-state index contributed by atoms with van der Waals surface area (Å²) in [5, 5.41) is 0. The lowest BCUT2D eigenvalue weighted by molar-refractivity contribution is 0.467. The zero-order chi connectivity index (χ0) is 18.0. The van der Waals surface area contributed by atoms with Crippen LogP contribution in [0.25, 0.3) is 11.1 Å². The van der Waals surface area contributed by atoms with E-state index >= 15 is 0 Å². The molecule has 25 heavy (non-hydrogen) atoms. The maximum Gasteiger partial charge on any atom is 0.350 e. The van der Waals surface area contributed by atoms with Gasteiger partial charge in [0.1, 0.15) is 10.7 Å². The fourth-order valence-electron chi connectivity index (χ4n) is 2.40. The zero-order valence-corrected chi connectivity index (χ0v) is 15.4. The molecule has 0 saturated carbocycles. The number of benzene rings is 2. The highest BCUT2D eigenvalue weighted by Gasteiger charge is 2.15. The molecule has 2 aromatic carbocycles. The molecule has 1 heterocycles. The van der Waals surface area contributed by atoms with Gasteiger partial charge >= 0.3 is 5.63 Å². The van der Waals surface area contributed by atoms with Gasteiger partial charge in [0.05, 0.1) is 4.90 Å². The second-order valence-electron chi connectivity index (χ2n) is 5.60. The molecule has 0 aliphatic carbocycles. The maximum absolute atomic E-state index is 12.4. The topological polar surface area (TPSA) is 64.3 Å². The Kier molecular flexibility index (Phi) is 4.83. The molecule has 128 valence electrons. The van der Waals surface area contributed by atoms with Crippen molar-refractivity contribution in [3.63, 3.8) is 0 Å². The Morgan fingerprint density at radius 2 is 1.60 bits per heavy atom. The molecule has 3 aromatic rings. The van der Waals surface area contributed by atoms with Crippen LogP contribution >= 0.6 is 11.8 Å². The average Bonchev–Trinajstić information content (AvgIpc) is 2.57. The summed E-state index contributed by atoms with van der Waals surface area (Å²) in [5.74, 6) is 0.504. The van der Waals surface area contributed by atoms with Crippen LogP contribution in [0.15, 0.2) is 84.6 Å². The Labute approximate surface area is 150 Å². The molecule has 6 heteroatoms. The molecule has 1 aromatic heterocycles. The first-order chi connectivity index (χ1) is 11.8. The van der Waals surface area contributed by atoms with Gasteiger partial charge in [0.15, 0.2) is 9.84 Å². The van der Waals surface area contributed by atoms with Gasteiger partial charge in [-0.2, -0.15) is 0 Å². The van der Waals surface area contributed by atoms with Crippen LogP contribution in [0, 0.1) is 6.92 Å². The van der Waals surface area contributed by atoms with Gasteiger partial charge in [-0.05, 0) is 42.8 Å². The zero-order valence-electron chi connectivity index (χ0n) is 13.7. The van der Waals surface area contributed by atoms with E-state index < -0.39 is 15.5 Å². The molecule has 0 amide bonds. The van der Waals surface area contributed by atoms with Gasteiger partial charge in [0, 0.05) is 16.7 Å². The van der Waals surface area contributed by atoms with Crippen molar-refractivity contribution in [3.05, 3.63) is 76.8 Å². The third-order valence-corrected chi connectivity index (χ3v) is 5.81. The van der Waals surface area contributed by atoms with Crippen molar-refractivity contribution in [2.75, 3.05) is 6.26 Å². The number of sulfone groups is 1. The summed E-state index contributed by atoms with van der Waals surface area (Å²) in [6, 6.07) is 17.9. The van der Waals surface area contributed by atoms with Crippen molar-refractivity contribution in [3.8, 4) is 11.1 Å². The Morgan fingerprint density at radius 1 is 0.960 bits per heavy atom. The van der Waals surface area contributed by atoms with Crippen molar-refractivity contribution in [1.29, 1.82) is 0 Å². The molecular weight excluding hydrogens is 356 g/mol. The van der Waals surface area contributed by atoms with Crippen molar-refractivity contribution in [2.24, 2.45) is 0 Å². The molecule has 0 aliphatic heterocycles. The maximum atomic E-state index is 12.4. The molecule has 0 aliphatic rings. The van der Waals surface area contributed by atoms with Crippen LogP contribution in [0.3, 0.4) is 0 Å². The Bertz CT molecular complexity index is 1050. The fraction of sp³-hybridized carbons (Fsp3) is 0.105. The largest absolute Gasteiger partial charge is 0.427 e. The first-order valence-corrected chi connectivity index (χ1v) is 10.2. The van der Waals surface area contributed by atoms with Gasteiger partial charge in [0.25, 0.3) is 0 Å². The van der Waals surface area contributed by atoms with Crippen LogP contribution < -0.4 is 5.63 Å². The number of aryl methyl sites for hydroxylation is 1. The lowest BCUT2D eigenvalue weighted by atomic mass is 10.1. The van der Waals surface area contributed by atoms with Gasteiger partial charge in [-0.15, -0.1) is 0 Å². The van der Waals surface area contributed by atoms with E-state index in [2.05, 4.69) is 0 Å². The van der Waals surface area contributed by atoms with Gasteiger partial charge in [-0.3, -0.25) is 0 Å². The summed E-state index contributed by atoms with van der Waals surface area (Å²) >= 11 is 1.33. The van der Waals surface area contributed by atoms with Gasteiger partial charge in [-0.1, -0.05) is 42.1 Å². The van der Waals surface area contributed by atoms with Gasteiger partial charge in [-0.25, -0.2) is 13.2 Å². The highest BCUT2D eigenvalue weighted by Crippen LogP contribution is 2.34. The van der Waals surface area contributed by atoms with E-state index in [1.807, 2.05) is 30.3 Å². The monoisotopic (exact) mass is 372 g/mol. The molecule has 0 spiro atoms. The van der Waals surface area contributed by atoms with Crippen LogP contribution in [0.4, 0.5) is 0 Å². The summed E-state index contributed by atoms with van der Waals surface area (Å²) < 4.78 is 28.5. The molecule has 0 atom stereocenters. The van der Waals surface area contributed by atoms with E-state index in [1.165, 1.54) is 18.0 Å². The third-order valence-electron chi connectivity index (χ3n) is 3.59. The second kappa shape index (κ2) is 6.90. The highest BCUT2D eigenvalue weighted by atomic mass is 32.2. The standard InChI is InChI=1S/C19H16O4S2/c1-13-12-17(14-8-10-16(11-9-14)25(2,21)22)18(19(20)23-13)24-15-6-4-3-5-7-15/h3-12H,1-2H3. The Hall–Kier alpha value is -2.31. The van der Waals surface area contributed by atoms with E-state index in [0.717, 1.165) is 16.0 Å². The lowest BCUT2D eigenvalue weighted by Crippen LogP contribution is -2.05. The van der Waals surface area contributed by atoms with Crippen LogP contribution in [0.2, 0.25) is 0 Å². The van der Waals surface area contributed by atoms with Crippen LogP contribution in [0.1, 0.15) is 5.76 Å². The van der Waals surface area contributed by atoms with E-state index in [-0.39, 0.29) is 4.90 Å². The van der Waals surface area contributed by atoms with Crippen LogP contribution in [-0.2, 0) is 9.84 Å². The van der Waals surface area contributed by atoms with E-state index in [4.69, 9.17) is 4.42 Å². The predicted molar refractivity (Wildman–Crippen MR) is 98.8 cm³/mol. The summed E-state index contributed by atoms with van der Waals surface area (Å²) in [6.07, 6.45) is 1.17. The predicted octanol–water partition coefficient (Wildman–Crippen LogP) is 4.17. The lowest BCUT2D eigenvalue weighted by Gasteiger charge is -2.10. The molecule has 0 radical (unpaired) electrons. The van der Waals surface area contributed by atoms with Crippen LogP contribution in [-0.4, -0.2) is 14.7 Å². The Morgan fingerprint density at radius 3 is 2.20 bits per heavy atom. The fourth-order valence-corrected chi connectivity index (χ4v) is 3.97. The minimum Gasteiger partial charge on any atom is -0.427 e. The van der Waals surface area contributed by atoms with Crippen molar-refractivity contribution in [2.45, 2.75) is 21.6 Å². The Balaban J connectivity index is 2.11. The molecule has 0 bridgehead atoms. The summed E-state index contributed by atoms with van der Waals surface area (Å²) in [7, 11) is -3.26. The van der Waals surface area contributed by atoms with Crippen molar-refractivity contribution < 1.29 is 12.8 Å². The highest BCUT2D eigenvalue weighted by molar-refractivity contribution is 7.99. The van der Waals surface area contributed by atoms with Crippen molar-refractivity contribution in [1.82, 2.24) is 0 Å². The van der Waals surface area contributed by atoms with Crippen LogP contribution in [0.5, 0.6) is 0 Å². The molecular formula is C19H16O4S2. The van der Waals surface area contributed by atoms with Crippen molar-refractivity contribution >= 4 is 21.6 Å². The van der Waals surface area contributed by atoms with E-state index in [1.54, 1.807) is 37.3 Å². The van der Waals surface area contributed by atoms with E-state index in [0.29, 0.717) is 10.7 Å². The summed E-state index contributed by atoms with van der Waals surface area (Å²) in [4.78, 5) is 14.0. The normalized spacial score (nSPS) is 11.4. The molecule has 0 N–H and O–H groups in total.